The second-order valence-corrected chi connectivity index (χ2v) is 5.90. The van der Waals surface area contributed by atoms with Crippen LogP contribution in [0.4, 0.5) is 14.5 Å². The van der Waals surface area contributed by atoms with Crippen LogP contribution >= 0.6 is 0 Å². The van der Waals surface area contributed by atoms with Crippen molar-refractivity contribution in [2.45, 2.75) is 12.8 Å². The van der Waals surface area contributed by atoms with Crippen LogP contribution in [0.5, 0.6) is 0 Å². The number of aryl methyl sites for hydroxylation is 1. The molecule has 1 saturated heterocycles. The molecule has 2 aromatic rings. The number of carbonyl (C=O) groups excluding carboxylic acids is 1. The van der Waals surface area contributed by atoms with E-state index >= 15 is 0 Å². The standard InChI is InChI=1S/C17H19F2N3O2/c1-21-15(16(18)19)14(9-20-21)17(23)24-11-12-7-8-22(10-12)13-5-3-2-4-6-13/h2-6,9,12,16H,7-8,10-11H2,1H3/t12-/m0/s1. The molecule has 0 N–H and O–H groups in total. The number of aromatic nitrogens is 2. The number of hydrogen-bond acceptors (Lipinski definition) is 4. The third kappa shape index (κ3) is 3.39. The lowest BCUT2D eigenvalue weighted by atomic mass is 10.1. The summed E-state index contributed by atoms with van der Waals surface area (Å²) in [5, 5.41) is 3.72. The number of benzene rings is 1. The number of halogens is 2. The summed E-state index contributed by atoms with van der Waals surface area (Å²) < 4.78 is 32.2. The van der Waals surface area contributed by atoms with Gasteiger partial charge in [-0.3, -0.25) is 4.68 Å². The van der Waals surface area contributed by atoms with Crippen molar-refractivity contribution in [3.8, 4) is 0 Å². The molecule has 1 aromatic heterocycles. The summed E-state index contributed by atoms with van der Waals surface area (Å²) in [6.45, 7) is 1.90. The summed E-state index contributed by atoms with van der Waals surface area (Å²) in [4.78, 5) is 14.3. The average Bonchev–Trinajstić information content (AvgIpc) is 3.20. The molecule has 5 nitrogen and oxygen atoms in total. The maximum atomic E-state index is 13.0. The van der Waals surface area contributed by atoms with Crippen LogP contribution in [-0.4, -0.2) is 35.4 Å². The number of anilines is 1. The molecule has 1 fully saturated rings. The van der Waals surface area contributed by atoms with Crippen LogP contribution < -0.4 is 4.90 Å². The Labute approximate surface area is 138 Å². The molecular weight excluding hydrogens is 316 g/mol. The fraction of sp³-hybridized carbons (Fsp3) is 0.412. The second-order valence-electron chi connectivity index (χ2n) is 5.90. The van der Waals surface area contributed by atoms with Gasteiger partial charge in [-0.05, 0) is 18.6 Å². The van der Waals surface area contributed by atoms with E-state index in [1.165, 1.54) is 7.05 Å². The number of hydrogen-bond donors (Lipinski definition) is 0. The van der Waals surface area contributed by atoms with Crippen molar-refractivity contribution < 1.29 is 18.3 Å². The Kier molecular flexibility index (Phi) is 4.78. The summed E-state index contributed by atoms with van der Waals surface area (Å²) >= 11 is 0. The zero-order valence-corrected chi connectivity index (χ0v) is 13.4. The minimum atomic E-state index is -2.76. The van der Waals surface area contributed by atoms with Crippen molar-refractivity contribution in [3.05, 3.63) is 47.8 Å². The van der Waals surface area contributed by atoms with Crippen molar-refractivity contribution in [3.63, 3.8) is 0 Å². The lowest BCUT2D eigenvalue weighted by Gasteiger charge is -2.18. The number of alkyl halides is 2. The lowest BCUT2D eigenvalue weighted by molar-refractivity contribution is 0.0439. The van der Waals surface area contributed by atoms with Gasteiger partial charge in [-0.2, -0.15) is 5.10 Å². The van der Waals surface area contributed by atoms with E-state index in [-0.39, 0.29) is 18.1 Å². The maximum absolute atomic E-state index is 13.0. The van der Waals surface area contributed by atoms with Gasteiger partial charge >= 0.3 is 5.97 Å². The molecule has 0 radical (unpaired) electrons. The van der Waals surface area contributed by atoms with Crippen molar-refractivity contribution in [2.75, 3.05) is 24.6 Å². The minimum absolute atomic E-state index is 0.162. The molecule has 0 unspecified atom stereocenters. The van der Waals surface area contributed by atoms with Gasteiger partial charge in [0.25, 0.3) is 6.43 Å². The maximum Gasteiger partial charge on any atom is 0.341 e. The van der Waals surface area contributed by atoms with E-state index in [0.29, 0.717) is 0 Å². The molecule has 1 aromatic carbocycles. The average molecular weight is 335 g/mol. The summed E-state index contributed by atoms with van der Waals surface area (Å²) in [6, 6.07) is 10.0. The van der Waals surface area contributed by atoms with Gasteiger partial charge in [0.1, 0.15) is 11.3 Å². The fourth-order valence-electron chi connectivity index (χ4n) is 2.98. The molecule has 0 bridgehead atoms. The van der Waals surface area contributed by atoms with Crippen LogP contribution in [0.3, 0.4) is 0 Å². The van der Waals surface area contributed by atoms with Crippen molar-refractivity contribution in [1.29, 1.82) is 0 Å². The Morgan fingerprint density at radius 3 is 2.83 bits per heavy atom. The zero-order valence-electron chi connectivity index (χ0n) is 13.4. The van der Waals surface area contributed by atoms with Gasteiger partial charge in [0.15, 0.2) is 0 Å². The molecule has 1 aliphatic heterocycles. The van der Waals surface area contributed by atoms with E-state index < -0.39 is 18.1 Å². The van der Waals surface area contributed by atoms with E-state index in [4.69, 9.17) is 4.74 Å². The SMILES string of the molecule is Cn1ncc(C(=O)OC[C@H]2CCN(c3ccccc3)C2)c1C(F)F. The van der Waals surface area contributed by atoms with Crippen molar-refractivity contribution >= 4 is 11.7 Å². The molecule has 128 valence electrons. The zero-order chi connectivity index (χ0) is 17.1. The minimum Gasteiger partial charge on any atom is -0.462 e. The Morgan fingerprint density at radius 1 is 1.38 bits per heavy atom. The Bertz CT molecular complexity index is 703. The summed E-state index contributed by atoms with van der Waals surface area (Å²) in [5.74, 6) is -0.544. The lowest BCUT2D eigenvalue weighted by Crippen LogP contribution is -2.22. The van der Waals surface area contributed by atoms with Crippen molar-refractivity contribution in [1.82, 2.24) is 9.78 Å². The highest BCUT2D eigenvalue weighted by molar-refractivity contribution is 5.90. The van der Waals surface area contributed by atoms with Gasteiger partial charge in [-0.15, -0.1) is 0 Å². The molecule has 1 atom stereocenters. The number of carbonyl (C=O) groups is 1. The number of nitrogens with zero attached hydrogens (tertiary/aromatic N) is 3. The highest BCUT2D eigenvalue weighted by Crippen LogP contribution is 2.25. The highest BCUT2D eigenvalue weighted by Gasteiger charge is 2.27. The molecular formula is C17H19F2N3O2. The van der Waals surface area contributed by atoms with Crippen LogP contribution in [0, 0.1) is 5.92 Å². The molecule has 0 amide bonds. The normalized spacial score (nSPS) is 17.5. The topological polar surface area (TPSA) is 47.4 Å². The first-order valence-electron chi connectivity index (χ1n) is 7.83. The number of rotatable bonds is 5. The van der Waals surface area contributed by atoms with Gasteiger partial charge in [0.2, 0.25) is 0 Å². The number of esters is 1. The molecule has 0 aliphatic carbocycles. The molecule has 2 heterocycles. The summed E-state index contributed by atoms with van der Waals surface area (Å²) in [6.07, 6.45) is -0.730. The van der Waals surface area contributed by atoms with Gasteiger partial charge in [-0.1, -0.05) is 18.2 Å². The molecule has 1 aliphatic rings. The van der Waals surface area contributed by atoms with E-state index in [1.807, 2.05) is 30.3 Å². The number of ether oxygens (including phenoxy) is 1. The first kappa shape index (κ1) is 16.4. The predicted octanol–water partition coefficient (Wildman–Crippen LogP) is 3.04. The first-order chi connectivity index (χ1) is 11.6. The number of para-hydroxylation sites is 1. The Balaban J connectivity index is 1.56. The highest BCUT2D eigenvalue weighted by atomic mass is 19.3. The molecule has 0 saturated carbocycles. The van der Waals surface area contributed by atoms with Crippen LogP contribution in [-0.2, 0) is 11.8 Å². The van der Waals surface area contributed by atoms with Crippen LogP contribution in [0.25, 0.3) is 0 Å². The largest absolute Gasteiger partial charge is 0.462 e. The van der Waals surface area contributed by atoms with Gasteiger partial charge in [0, 0.05) is 31.7 Å². The van der Waals surface area contributed by atoms with E-state index in [9.17, 15) is 13.6 Å². The molecule has 24 heavy (non-hydrogen) atoms. The Hall–Kier alpha value is -2.44. The summed E-state index contributed by atoms with van der Waals surface area (Å²) in [7, 11) is 1.38. The van der Waals surface area contributed by atoms with E-state index in [1.54, 1.807) is 0 Å². The van der Waals surface area contributed by atoms with Gasteiger partial charge in [-0.25, -0.2) is 13.6 Å². The molecule has 3 rings (SSSR count). The van der Waals surface area contributed by atoms with Crippen LogP contribution in [0.1, 0.15) is 28.9 Å². The third-order valence-electron chi connectivity index (χ3n) is 4.27. The third-order valence-corrected chi connectivity index (χ3v) is 4.27. The van der Waals surface area contributed by atoms with E-state index in [0.717, 1.165) is 36.1 Å². The summed E-state index contributed by atoms with van der Waals surface area (Å²) in [5.41, 5.74) is 0.571. The van der Waals surface area contributed by atoms with Crippen molar-refractivity contribution in [2.24, 2.45) is 13.0 Å². The molecule has 7 heteroatoms. The first-order valence-corrected chi connectivity index (χ1v) is 7.83. The monoisotopic (exact) mass is 335 g/mol. The molecule has 0 spiro atoms. The predicted molar refractivity (Wildman–Crippen MR) is 85.2 cm³/mol. The smallest absolute Gasteiger partial charge is 0.341 e. The van der Waals surface area contributed by atoms with E-state index in [2.05, 4.69) is 10.00 Å². The fourth-order valence-corrected chi connectivity index (χ4v) is 2.98. The van der Waals surface area contributed by atoms with Gasteiger partial charge < -0.3 is 9.64 Å². The van der Waals surface area contributed by atoms with Crippen LogP contribution in [0.15, 0.2) is 36.5 Å². The quantitative estimate of drug-likeness (QED) is 0.788. The van der Waals surface area contributed by atoms with Gasteiger partial charge in [0.05, 0.1) is 12.8 Å². The Morgan fingerprint density at radius 2 is 2.12 bits per heavy atom. The van der Waals surface area contributed by atoms with Crippen LogP contribution in [0.2, 0.25) is 0 Å². The second kappa shape index (κ2) is 6.98.